The van der Waals surface area contributed by atoms with E-state index in [0.717, 1.165) is 11.4 Å². The fourth-order valence-corrected chi connectivity index (χ4v) is 1.40. The monoisotopic (exact) mass is 287 g/mol. The Kier molecular flexibility index (Phi) is 7.81. The SMILES string of the molecule is CCOC(=O)CBr.Cc1cc(C)nc(C)c1. The van der Waals surface area contributed by atoms with Crippen LogP contribution < -0.4 is 0 Å². The standard InChI is InChI=1S/C8H11N.C4H7BrO2/c1-6-4-7(2)9-8(3)5-6;1-2-7-4(6)3-5/h4-5H,1-3H3;2-3H2,1H3. The number of ether oxygens (including phenoxy) is 1. The Balaban J connectivity index is 0.000000293. The smallest absolute Gasteiger partial charge is 0.316 e. The molecule has 4 heteroatoms. The quantitative estimate of drug-likeness (QED) is 0.620. The molecule has 0 aliphatic rings. The third-order valence-electron chi connectivity index (χ3n) is 1.64. The van der Waals surface area contributed by atoms with E-state index in [9.17, 15) is 4.79 Å². The lowest BCUT2D eigenvalue weighted by Gasteiger charge is -1.96. The zero-order valence-electron chi connectivity index (χ0n) is 10.2. The maximum absolute atomic E-state index is 10.1. The maximum atomic E-state index is 10.1. The summed E-state index contributed by atoms with van der Waals surface area (Å²) < 4.78 is 4.51. The van der Waals surface area contributed by atoms with Crippen molar-refractivity contribution in [3.63, 3.8) is 0 Å². The molecule has 3 nitrogen and oxygen atoms in total. The Labute approximate surface area is 105 Å². The summed E-state index contributed by atoms with van der Waals surface area (Å²) in [7, 11) is 0. The van der Waals surface area contributed by atoms with Gasteiger partial charge in [-0.3, -0.25) is 9.78 Å². The van der Waals surface area contributed by atoms with Gasteiger partial charge in [-0.1, -0.05) is 15.9 Å². The zero-order valence-corrected chi connectivity index (χ0v) is 11.8. The van der Waals surface area contributed by atoms with Gasteiger partial charge in [0.1, 0.15) is 5.33 Å². The highest BCUT2D eigenvalue weighted by Crippen LogP contribution is 2.01. The molecule has 0 saturated carbocycles. The van der Waals surface area contributed by atoms with E-state index in [0.29, 0.717) is 11.9 Å². The Morgan fingerprint density at radius 1 is 1.31 bits per heavy atom. The molecule has 1 rings (SSSR count). The second-order valence-corrected chi connectivity index (χ2v) is 3.93. The Bertz CT molecular complexity index is 289. The van der Waals surface area contributed by atoms with Gasteiger partial charge in [-0.25, -0.2) is 0 Å². The summed E-state index contributed by atoms with van der Waals surface area (Å²) in [6, 6.07) is 4.15. The van der Waals surface area contributed by atoms with Gasteiger partial charge in [0, 0.05) is 11.4 Å². The van der Waals surface area contributed by atoms with E-state index < -0.39 is 0 Å². The lowest BCUT2D eigenvalue weighted by Crippen LogP contribution is -2.03. The Morgan fingerprint density at radius 3 is 2.06 bits per heavy atom. The highest BCUT2D eigenvalue weighted by molar-refractivity contribution is 9.09. The van der Waals surface area contributed by atoms with Crippen molar-refractivity contribution >= 4 is 21.9 Å². The molecule has 90 valence electrons. The van der Waals surface area contributed by atoms with Crippen LogP contribution in [-0.4, -0.2) is 22.9 Å². The maximum Gasteiger partial charge on any atom is 0.316 e. The number of carbonyl (C=O) groups excluding carboxylic acids is 1. The molecule has 0 spiro atoms. The molecule has 0 amide bonds. The predicted molar refractivity (Wildman–Crippen MR) is 68.9 cm³/mol. The van der Waals surface area contributed by atoms with Crippen LogP contribution in [0.5, 0.6) is 0 Å². The minimum absolute atomic E-state index is 0.206. The summed E-state index contributed by atoms with van der Waals surface area (Å²) in [6.07, 6.45) is 0. The van der Waals surface area contributed by atoms with Crippen molar-refractivity contribution in [1.82, 2.24) is 4.98 Å². The minimum atomic E-state index is -0.206. The molecular formula is C12H18BrNO2. The third kappa shape index (κ3) is 7.40. The number of rotatable bonds is 2. The molecule has 0 unspecified atom stereocenters. The number of nitrogens with zero attached hydrogens (tertiary/aromatic N) is 1. The van der Waals surface area contributed by atoms with Gasteiger partial charge < -0.3 is 4.74 Å². The number of halogens is 1. The van der Waals surface area contributed by atoms with Gasteiger partial charge in [0.2, 0.25) is 0 Å². The van der Waals surface area contributed by atoms with Crippen molar-refractivity contribution in [1.29, 1.82) is 0 Å². The molecular weight excluding hydrogens is 270 g/mol. The summed E-state index contributed by atoms with van der Waals surface area (Å²) in [4.78, 5) is 14.4. The van der Waals surface area contributed by atoms with Gasteiger partial charge in [-0.2, -0.15) is 0 Å². The van der Waals surface area contributed by atoms with E-state index in [2.05, 4.69) is 44.7 Å². The van der Waals surface area contributed by atoms with Crippen molar-refractivity contribution in [3.05, 3.63) is 29.1 Å². The first-order chi connectivity index (χ1) is 7.49. The van der Waals surface area contributed by atoms with Gasteiger partial charge in [-0.05, 0) is 45.4 Å². The van der Waals surface area contributed by atoms with E-state index in [1.54, 1.807) is 6.92 Å². The molecule has 1 aromatic rings. The lowest BCUT2D eigenvalue weighted by molar-refractivity contribution is -0.139. The number of carbonyl (C=O) groups is 1. The number of pyridine rings is 1. The van der Waals surface area contributed by atoms with E-state index >= 15 is 0 Å². The molecule has 0 saturated heterocycles. The number of alkyl halides is 1. The van der Waals surface area contributed by atoms with Crippen LogP contribution in [0.2, 0.25) is 0 Å². The second-order valence-electron chi connectivity index (χ2n) is 3.37. The van der Waals surface area contributed by atoms with E-state index in [1.807, 2.05) is 13.8 Å². The van der Waals surface area contributed by atoms with Crippen LogP contribution in [0.1, 0.15) is 23.9 Å². The molecule has 0 N–H and O–H groups in total. The Morgan fingerprint density at radius 2 is 1.81 bits per heavy atom. The van der Waals surface area contributed by atoms with Gasteiger partial charge in [-0.15, -0.1) is 0 Å². The topological polar surface area (TPSA) is 39.2 Å². The minimum Gasteiger partial charge on any atom is -0.465 e. The summed E-state index contributed by atoms with van der Waals surface area (Å²) >= 11 is 2.94. The van der Waals surface area contributed by atoms with Crippen molar-refractivity contribution in [2.45, 2.75) is 27.7 Å². The van der Waals surface area contributed by atoms with E-state index in [1.165, 1.54) is 5.56 Å². The molecule has 0 atom stereocenters. The highest BCUT2D eigenvalue weighted by Gasteiger charge is 1.92. The lowest BCUT2D eigenvalue weighted by atomic mass is 10.2. The predicted octanol–water partition coefficient (Wildman–Crippen LogP) is 2.95. The van der Waals surface area contributed by atoms with Crippen LogP contribution >= 0.6 is 15.9 Å². The number of aromatic nitrogens is 1. The molecule has 0 bridgehead atoms. The zero-order chi connectivity index (χ0) is 12.6. The van der Waals surface area contributed by atoms with Crippen molar-refractivity contribution in [3.8, 4) is 0 Å². The first-order valence-corrected chi connectivity index (χ1v) is 6.25. The van der Waals surface area contributed by atoms with Crippen molar-refractivity contribution in [2.75, 3.05) is 11.9 Å². The fourth-order valence-electron chi connectivity index (χ4n) is 1.24. The molecule has 16 heavy (non-hydrogen) atoms. The number of aryl methyl sites for hydroxylation is 3. The number of hydrogen-bond donors (Lipinski definition) is 0. The van der Waals surface area contributed by atoms with Crippen LogP contribution in [0, 0.1) is 20.8 Å². The van der Waals surface area contributed by atoms with Crippen molar-refractivity contribution in [2.24, 2.45) is 0 Å². The normalized spacial score (nSPS) is 9.06. The molecule has 0 aliphatic heterocycles. The number of esters is 1. The summed E-state index contributed by atoms with van der Waals surface area (Å²) in [6.45, 7) is 8.35. The van der Waals surface area contributed by atoms with Gasteiger partial charge in [0.05, 0.1) is 6.61 Å². The molecule has 1 aromatic heterocycles. The molecule has 0 aromatic carbocycles. The van der Waals surface area contributed by atoms with Gasteiger partial charge in [0.15, 0.2) is 0 Å². The van der Waals surface area contributed by atoms with E-state index in [-0.39, 0.29) is 5.97 Å². The molecule has 0 fully saturated rings. The van der Waals surface area contributed by atoms with Gasteiger partial charge >= 0.3 is 5.97 Å². The molecule has 0 radical (unpaired) electrons. The highest BCUT2D eigenvalue weighted by atomic mass is 79.9. The second kappa shape index (κ2) is 8.28. The first-order valence-electron chi connectivity index (χ1n) is 5.13. The molecule has 1 heterocycles. The van der Waals surface area contributed by atoms with Crippen LogP contribution in [0.4, 0.5) is 0 Å². The van der Waals surface area contributed by atoms with E-state index in [4.69, 9.17) is 0 Å². The first kappa shape index (κ1) is 15.1. The fraction of sp³-hybridized carbons (Fsp3) is 0.500. The number of hydrogen-bond acceptors (Lipinski definition) is 3. The van der Waals surface area contributed by atoms with Crippen molar-refractivity contribution < 1.29 is 9.53 Å². The van der Waals surface area contributed by atoms with Crippen LogP contribution in [0.15, 0.2) is 12.1 Å². The van der Waals surface area contributed by atoms with Crippen LogP contribution in [-0.2, 0) is 9.53 Å². The largest absolute Gasteiger partial charge is 0.465 e. The Hall–Kier alpha value is -0.900. The average Bonchev–Trinajstić information content (AvgIpc) is 2.16. The summed E-state index contributed by atoms with van der Waals surface area (Å²) in [5, 5.41) is 0.292. The third-order valence-corrected chi connectivity index (χ3v) is 2.10. The summed E-state index contributed by atoms with van der Waals surface area (Å²) in [5.41, 5.74) is 3.50. The summed E-state index contributed by atoms with van der Waals surface area (Å²) in [5.74, 6) is -0.206. The van der Waals surface area contributed by atoms with Crippen LogP contribution in [0.25, 0.3) is 0 Å². The molecule has 0 aliphatic carbocycles. The van der Waals surface area contributed by atoms with Crippen LogP contribution in [0.3, 0.4) is 0 Å². The average molecular weight is 288 g/mol. The van der Waals surface area contributed by atoms with Gasteiger partial charge in [0.25, 0.3) is 0 Å².